The van der Waals surface area contributed by atoms with E-state index >= 15 is 0 Å². The van der Waals surface area contributed by atoms with Crippen molar-refractivity contribution in [1.82, 2.24) is 5.32 Å². The first-order valence-corrected chi connectivity index (χ1v) is 7.19. The predicted octanol–water partition coefficient (Wildman–Crippen LogP) is 2.48. The minimum Gasteiger partial charge on any atom is -0.483 e. The molecule has 0 aliphatic rings. The van der Waals surface area contributed by atoms with E-state index in [1.54, 1.807) is 0 Å². The first-order chi connectivity index (χ1) is 9.72. The quantitative estimate of drug-likeness (QED) is 0.796. The van der Waals surface area contributed by atoms with Gasteiger partial charge in [-0.2, -0.15) is 0 Å². The van der Waals surface area contributed by atoms with E-state index in [0.29, 0.717) is 18.7 Å². The standard InChI is InChI=1S/C15H16BrNO3/c16-15-12-5-2-1-4-11(12)6-7-13(15)20-10-14(19)17-8-3-9-18/h1-2,4-7,18H,3,8-10H2,(H,17,19). The third kappa shape index (κ3) is 3.71. The zero-order chi connectivity index (χ0) is 14.4. The number of amides is 1. The Bertz CT molecular complexity index is 601. The summed E-state index contributed by atoms with van der Waals surface area (Å²) in [5, 5.41) is 13.5. The van der Waals surface area contributed by atoms with Crippen molar-refractivity contribution in [2.24, 2.45) is 0 Å². The molecule has 0 spiro atoms. The molecule has 0 aliphatic carbocycles. The molecular weight excluding hydrogens is 322 g/mol. The van der Waals surface area contributed by atoms with Crippen molar-refractivity contribution in [3.63, 3.8) is 0 Å². The van der Waals surface area contributed by atoms with Crippen molar-refractivity contribution in [2.75, 3.05) is 19.8 Å². The van der Waals surface area contributed by atoms with Crippen molar-refractivity contribution >= 4 is 32.6 Å². The number of nitrogens with one attached hydrogen (secondary N) is 1. The van der Waals surface area contributed by atoms with Crippen molar-refractivity contribution in [3.8, 4) is 5.75 Å². The molecule has 0 saturated heterocycles. The molecule has 2 N–H and O–H groups in total. The van der Waals surface area contributed by atoms with Gasteiger partial charge in [0.15, 0.2) is 6.61 Å². The van der Waals surface area contributed by atoms with E-state index in [-0.39, 0.29) is 19.1 Å². The number of carbonyl (C=O) groups excluding carboxylic acids is 1. The summed E-state index contributed by atoms with van der Waals surface area (Å²) >= 11 is 3.51. The monoisotopic (exact) mass is 337 g/mol. The van der Waals surface area contributed by atoms with Gasteiger partial charge >= 0.3 is 0 Å². The fraction of sp³-hybridized carbons (Fsp3) is 0.267. The molecule has 106 valence electrons. The lowest BCUT2D eigenvalue weighted by molar-refractivity contribution is -0.123. The van der Waals surface area contributed by atoms with Crippen LogP contribution in [0, 0.1) is 0 Å². The molecule has 0 heterocycles. The Labute approximate surface area is 125 Å². The maximum atomic E-state index is 11.5. The topological polar surface area (TPSA) is 58.6 Å². The lowest BCUT2D eigenvalue weighted by Crippen LogP contribution is -2.30. The molecular formula is C15H16BrNO3. The van der Waals surface area contributed by atoms with Gasteiger partial charge in [-0.3, -0.25) is 4.79 Å². The molecule has 0 unspecified atom stereocenters. The van der Waals surface area contributed by atoms with Crippen LogP contribution in [0.15, 0.2) is 40.9 Å². The summed E-state index contributed by atoms with van der Waals surface area (Å²) in [6.07, 6.45) is 0.547. The second-order valence-electron chi connectivity index (χ2n) is 4.31. The van der Waals surface area contributed by atoms with Crippen molar-refractivity contribution < 1.29 is 14.6 Å². The van der Waals surface area contributed by atoms with Gasteiger partial charge in [-0.15, -0.1) is 0 Å². The third-order valence-corrected chi connectivity index (χ3v) is 3.66. The Morgan fingerprint density at radius 2 is 2.05 bits per heavy atom. The Kier molecular flexibility index (Phi) is 5.38. The SMILES string of the molecule is O=C(COc1ccc2ccccc2c1Br)NCCCO. The maximum Gasteiger partial charge on any atom is 0.257 e. The highest BCUT2D eigenvalue weighted by molar-refractivity contribution is 9.10. The summed E-state index contributed by atoms with van der Waals surface area (Å²) in [6, 6.07) is 11.7. The molecule has 1 amide bonds. The van der Waals surface area contributed by atoms with Crippen LogP contribution in [0.2, 0.25) is 0 Å². The molecule has 0 fully saturated rings. The van der Waals surface area contributed by atoms with Gasteiger partial charge in [0.1, 0.15) is 5.75 Å². The van der Waals surface area contributed by atoms with Crippen LogP contribution in [0.3, 0.4) is 0 Å². The lowest BCUT2D eigenvalue weighted by Gasteiger charge is -2.10. The minimum atomic E-state index is -0.196. The van der Waals surface area contributed by atoms with E-state index in [9.17, 15) is 4.79 Å². The highest BCUT2D eigenvalue weighted by Crippen LogP contribution is 2.32. The maximum absolute atomic E-state index is 11.5. The van der Waals surface area contributed by atoms with Gasteiger partial charge < -0.3 is 15.2 Å². The fourth-order valence-electron chi connectivity index (χ4n) is 1.83. The molecule has 2 aromatic rings. The zero-order valence-electron chi connectivity index (χ0n) is 10.9. The number of carbonyl (C=O) groups is 1. The number of hydrogen-bond donors (Lipinski definition) is 2. The first kappa shape index (κ1) is 14.8. The Hall–Kier alpha value is -1.59. The van der Waals surface area contributed by atoms with Crippen LogP contribution in [-0.4, -0.2) is 30.8 Å². The molecule has 4 nitrogen and oxygen atoms in total. The van der Waals surface area contributed by atoms with Gasteiger partial charge in [0, 0.05) is 13.2 Å². The first-order valence-electron chi connectivity index (χ1n) is 6.40. The normalized spacial score (nSPS) is 10.5. The van der Waals surface area contributed by atoms with Crippen LogP contribution in [0.4, 0.5) is 0 Å². The van der Waals surface area contributed by atoms with Gasteiger partial charge in [0.05, 0.1) is 4.47 Å². The van der Waals surface area contributed by atoms with Gasteiger partial charge in [0.2, 0.25) is 0 Å². The number of aliphatic hydroxyl groups is 1. The number of rotatable bonds is 6. The van der Waals surface area contributed by atoms with E-state index < -0.39 is 0 Å². The van der Waals surface area contributed by atoms with Crippen molar-refractivity contribution in [1.29, 1.82) is 0 Å². The van der Waals surface area contributed by atoms with Crippen LogP contribution >= 0.6 is 15.9 Å². The van der Waals surface area contributed by atoms with Crippen LogP contribution in [0.5, 0.6) is 5.75 Å². The zero-order valence-corrected chi connectivity index (χ0v) is 12.5. The molecule has 0 bridgehead atoms. The van der Waals surface area contributed by atoms with E-state index in [2.05, 4.69) is 21.2 Å². The summed E-state index contributed by atoms with van der Waals surface area (Å²) in [4.78, 5) is 11.5. The van der Waals surface area contributed by atoms with E-state index in [4.69, 9.17) is 9.84 Å². The predicted molar refractivity (Wildman–Crippen MR) is 81.9 cm³/mol. The number of hydrogen-bond acceptors (Lipinski definition) is 3. The number of halogens is 1. The van der Waals surface area contributed by atoms with Crippen molar-refractivity contribution in [2.45, 2.75) is 6.42 Å². The van der Waals surface area contributed by atoms with E-state index in [1.807, 2.05) is 36.4 Å². The van der Waals surface area contributed by atoms with E-state index in [0.717, 1.165) is 15.2 Å². The molecule has 20 heavy (non-hydrogen) atoms. The molecule has 5 heteroatoms. The molecule has 2 rings (SSSR count). The summed E-state index contributed by atoms with van der Waals surface area (Å²) in [5.41, 5.74) is 0. The van der Waals surface area contributed by atoms with Gasteiger partial charge in [-0.25, -0.2) is 0 Å². The second-order valence-corrected chi connectivity index (χ2v) is 5.11. The highest BCUT2D eigenvalue weighted by Gasteiger charge is 2.08. The molecule has 0 radical (unpaired) electrons. The van der Waals surface area contributed by atoms with Crippen LogP contribution in [0.25, 0.3) is 10.8 Å². The molecule has 0 atom stereocenters. The Morgan fingerprint density at radius 3 is 2.85 bits per heavy atom. The highest BCUT2D eigenvalue weighted by atomic mass is 79.9. The Balaban J connectivity index is 2.00. The largest absolute Gasteiger partial charge is 0.483 e. The van der Waals surface area contributed by atoms with Gasteiger partial charge in [0.25, 0.3) is 5.91 Å². The minimum absolute atomic E-state index is 0.0393. The average molecular weight is 338 g/mol. The summed E-state index contributed by atoms with van der Waals surface area (Å²) in [7, 11) is 0. The number of aliphatic hydroxyl groups excluding tert-OH is 1. The number of fused-ring (bicyclic) bond motifs is 1. The molecule has 0 aromatic heterocycles. The Morgan fingerprint density at radius 1 is 1.25 bits per heavy atom. The smallest absolute Gasteiger partial charge is 0.257 e. The van der Waals surface area contributed by atoms with Crippen LogP contribution in [0.1, 0.15) is 6.42 Å². The summed E-state index contributed by atoms with van der Waals surface area (Å²) in [6.45, 7) is 0.483. The fourth-order valence-corrected chi connectivity index (χ4v) is 2.43. The van der Waals surface area contributed by atoms with Crippen LogP contribution in [-0.2, 0) is 4.79 Å². The van der Waals surface area contributed by atoms with Crippen LogP contribution < -0.4 is 10.1 Å². The second kappa shape index (κ2) is 7.26. The number of benzene rings is 2. The summed E-state index contributed by atoms with van der Waals surface area (Å²) < 4.78 is 6.36. The molecule has 0 saturated carbocycles. The van der Waals surface area contributed by atoms with Crippen molar-refractivity contribution in [3.05, 3.63) is 40.9 Å². The average Bonchev–Trinajstić information content (AvgIpc) is 2.47. The van der Waals surface area contributed by atoms with Gasteiger partial charge in [-0.1, -0.05) is 30.3 Å². The molecule has 0 aliphatic heterocycles. The summed E-state index contributed by atoms with van der Waals surface area (Å²) in [5.74, 6) is 0.444. The van der Waals surface area contributed by atoms with Gasteiger partial charge in [-0.05, 0) is 39.2 Å². The third-order valence-electron chi connectivity index (χ3n) is 2.84. The molecule has 2 aromatic carbocycles. The lowest BCUT2D eigenvalue weighted by atomic mass is 10.1. The number of ether oxygens (including phenoxy) is 1. The van der Waals surface area contributed by atoms with E-state index in [1.165, 1.54) is 0 Å².